The van der Waals surface area contributed by atoms with E-state index in [1.807, 2.05) is 0 Å². The highest BCUT2D eigenvalue weighted by Crippen LogP contribution is 2.31. The molecule has 0 aliphatic rings. The maximum atomic E-state index is 2.36. The van der Waals surface area contributed by atoms with Gasteiger partial charge < -0.3 is 0 Å². The number of unbranched alkanes of at least 4 members (excludes halogenated alkanes) is 1. The number of hydrogen-bond acceptors (Lipinski definition) is 0. The lowest BCUT2D eigenvalue weighted by atomic mass is 9.95. The van der Waals surface area contributed by atoms with Gasteiger partial charge in [-0.1, -0.05) is 80.1 Å². The van der Waals surface area contributed by atoms with Gasteiger partial charge in [-0.15, -0.1) is 0 Å². The average Bonchev–Trinajstić information content (AvgIpc) is 2.59. The Kier molecular flexibility index (Phi) is 3.31. The number of rotatable bonds is 3. The molecule has 0 unspecified atom stereocenters. The standard InChI is InChI=1S/C22H20/c1-2-3-6-16-9-12-20-18(15-16)11-14-21-19-8-5-4-7-17(19)10-13-22(20)21/h4-5,7-15H,2-3,6H2,1H3. The van der Waals surface area contributed by atoms with Crippen LogP contribution in [0.1, 0.15) is 25.3 Å². The van der Waals surface area contributed by atoms with E-state index < -0.39 is 0 Å². The van der Waals surface area contributed by atoms with Gasteiger partial charge in [0.05, 0.1) is 0 Å². The SMILES string of the molecule is CCCCc1ccc2c(ccc3c4ccccc4ccc23)c1. The second-order valence-electron chi connectivity index (χ2n) is 6.11. The van der Waals surface area contributed by atoms with Crippen LogP contribution in [0.3, 0.4) is 0 Å². The van der Waals surface area contributed by atoms with Gasteiger partial charge in [0.1, 0.15) is 0 Å². The molecule has 22 heavy (non-hydrogen) atoms. The molecule has 4 rings (SSSR count). The van der Waals surface area contributed by atoms with Crippen LogP contribution in [0.5, 0.6) is 0 Å². The molecule has 0 saturated carbocycles. The van der Waals surface area contributed by atoms with E-state index in [0.717, 1.165) is 0 Å². The first-order valence-corrected chi connectivity index (χ1v) is 8.20. The van der Waals surface area contributed by atoms with E-state index in [-0.39, 0.29) is 0 Å². The summed E-state index contributed by atoms with van der Waals surface area (Å²) < 4.78 is 0. The summed E-state index contributed by atoms with van der Waals surface area (Å²) in [6, 6.07) is 24.7. The Morgan fingerprint density at radius 2 is 1.32 bits per heavy atom. The van der Waals surface area contributed by atoms with Crippen molar-refractivity contribution in [2.75, 3.05) is 0 Å². The summed E-state index contributed by atoms with van der Waals surface area (Å²) in [5.41, 5.74) is 1.45. The molecule has 0 nitrogen and oxygen atoms in total. The largest absolute Gasteiger partial charge is 0.0654 e. The van der Waals surface area contributed by atoms with Crippen LogP contribution in [0, 0.1) is 0 Å². The Balaban J connectivity index is 1.97. The summed E-state index contributed by atoms with van der Waals surface area (Å²) in [5.74, 6) is 0. The predicted molar refractivity (Wildman–Crippen MR) is 97.6 cm³/mol. The molecule has 0 heteroatoms. The Bertz CT molecular complexity index is 963. The highest BCUT2D eigenvalue weighted by molar-refractivity contribution is 6.17. The third-order valence-electron chi connectivity index (χ3n) is 4.63. The summed E-state index contributed by atoms with van der Waals surface area (Å²) >= 11 is 0. The molecule has 0 N–H and O–H groups in total. The van der Waals surface area contributed by atoms with Crippen molar-refractivity contribution in [2.45, 2.75) is 26.2 Å². The Morgan fingerprint density at radius 1 is 0.636 bits per heavy atom. The monoisotopic (exact) mass is 284 g/mol. The van der Waals surface area contributed by atoms with E-state index in [9.17, 15) is 0 Å². The lowest BCUT2D eigenvalue weighted by Gasteiger charge is -2.09. The molecule has 0 heterocycles. The lowest BCUT2D eigenvalue weighted by Crippen LogP contribution is -1.86. The van der Waals surface area contributed by atoms with Gasteiger partial charge in [0.15, 0.2) is 0 Å². The molecule has 0 aliphatic carbocycles. The van der Waals surface area contributed by atoms with E-state index in [0.29, 0.717) is 0 Å². The van der Waals surface area contributed by atoms with Gasteiger partial charge in [0, 0.05) is 0 Å². The van der Waals surface area contributed by atoms with E-state index in [4.69, 9.17) is 0 Å². The minimum Gasteiger partial charge on any atom is -0.0654 e. The maximum absolute atomic E-state index is 2.36. The first-order chi connectivity index (χ1) is 10.9. The highest BCUT2D eigenvalue weighted by Gasteiger charge is 2.05. The predicted octanol–water partition coefficient (Wildman–Crippen LogP) is 6.49. The molecule has 0 amide bonds. The van der Waals surface area contributed by atoms with Gasteiger partial charge >= 0.3 is 0 Å². The highest BCUT2D eigenvalue weighted by atomic mass is 14.1. The molecule has 0 radical (unpaired) electrons. The van der Waals surface area contributed by atoms with Crippen molar-refractivity contribution in [3.05, 3.63) is 72.3 Å². The summed E-state index contributed by atoms with van der Waals surface area (Å²) in [5, 5.41) is 8.09. The second-order valence-corrected chi connectivity index (χ2v) is 6.11. The third kappa shape index (κ3) is 2.16. The van der Waals surface area contributed by atoms with Crippen LogP contribution in [0.25, 0.3) is 32.3 Å². The fraction of sp³-hybridized carbons (Fsp3) is 0.182. The zero-order valence-electron chi connectivity index (χ0n) is 13.0. The van der Waals surface area contributed by atoms with Crippen molar-refractivity contribution in [1.82, 2.24) is 0 Å². The van der Waals surface area contributed by atoms with E-state index in [1.165, 1.54) is 57.1 Å². The van der Waals surface area contributed by atoms with Crippen LogP contribution >= 0.6 is 0 Å². The van der Waals surface area contributed by atoms with E-state index in [2.05, 4.69) is 73.7 Å². The van der Waals surface area contributed by atoms with Gasteiger partial charge in [-0.3, -0.25) is 0 Å². The minimum absolute atomic E-state index is 1.18. The van der Waals surface area contributed by atoms with Crippen molar-refractivity contribution < 1.29 is 0 Å². The van der Waals surface area contributed by atoms with Gasteiger partial charge in [-0.25, -0.2) is 0 Å². The Labute approximate surface area is 131 Å². The molecule has 0 bridgehead atoms. The van der Waals surface area contributed by atoms with E-state index in [1.54, 1.807) is 0 Å². The Hall–Kier alpha value is -2.34. The third-order valence-corrected chi connectivity index (χ3v) is 4.63. The fourth-order valence-corrected chi connectivity index (χ4v) is 3.41. The number of fused-ring (bicyclic) bond motifs is 5. The molecule has 0 saturated heterocycles. The number of aryl methyl sites for hydroxylation is 1. The first-order valence-electron chi connectivity index (χ1n) is 8.20. The summed E-state index contributed by atoms with van der Waals surface area (Å²) in [7, 11) is 0. The topological polar surface area (TPSA) is 0 Å². The quantitative estimate of drug-likeness (QED) is 0.377. The van der Waals surface area contributed by atoms with Crippen LogP contribution in [0.15, 0.2) is 66.7 Å². The van der Waals surface area contributed by atoms with E-state index >= 15 is 0 Å². The zero-order chi connectivity index (χ0) is 14.9. The lowest BCUT2D eigenvalue weighted by molar-refractivity contribution is 0.796. The first kappa shape index (κ1) is 13.3. The molecular weight excluding hydrogens is 264 g/mol. The van der Waals surface area contributed by atoms with Crippen molar-refractivity contribution in [1.29, 1.82) is 0 Å². The molecule has 0 aromatic heterocycles. The van der Waals surface area contributed by atoms with Crippen molar-refractivity contribution in [3.8, 4) is 0 Å². The summed E-state index contributed by atoms with van der Waals surface area (Å²) in [6.45, 7) is 2.25. The molecule has 4 aromatic rings. The van der Waals surface area contributed by atoms with Crippen molar-refractivity contribution >= 4 is 32.3 Å². The second kappa shape index (κ2) is 5.46. The van der Waals surface area contributed by atoms with Gasteiger partial charge in [-0.05, 0) is 50.7 Å². The molecular formula is C22H20. The number of hydrogen-bond donors (Lipinski definition) is 0. The van der Waals surface area contributed by atoms with Crippen LogP contribution in [0.4, 0.5) is 0 Å². The summed E-state index contributed by atoms with van der Waals surface area (Å²) in [4.78, 5) is 0. The average molecular weight is 284 g/mol. The number of benzene rings is 4. The van der Waals surface area contributed by atoms with Crippen LogP contribution in [-0.4, -0.2) is 0 Å². The molecule has 0 atom stereocenters. The van der Waals surface area contributed by atoms with Crippen molar-refractivity contribution in [2.24, 2.45) is 0 Å². The van der Waals surface area contributed by atoms with Gasteiger partial charge in [-0.2, -0.15) is 0 Å². The normalized spacial score (nSPS) is 11.5. The maximum Gasteiger partial charge on any atom is -0.00990 e. The van der Waals surface area contributed by atoms with Crippen LogP contribution in [-0.2, 0) is 6.42 Å². The van der Waals surface area contributed by atoms with Crippen LogP contribution in [0.2, 0.25) is 0 Å². The fourth-order valence-electron chi connectivity index (χ4n) is 3.41. The zero-order valence-corrected chi connectivity index (χ0v) is 13.0. The summed E-state index contributed by atoms with van der Waals surface area (Å²) in [6.07, 6.45) is 3.70. The molecule has 108 valence electrons. The molecule has 0 spiro atoms. The molecule has 0 fully saturated rings. The molecule has 0 aliphatic heterocycles. The van der Waals surface area contributed by atoms with Crippen molar-refractivity contribution in [3.63, 3.8) is 0 Å². The van der Waals surface area contributed by atoms with Gasteiger partial charge in [0.25, 0.3) is 0 Å². The van der Waals surface area contributed by atoms with Crippen LogP contribution < -0.4 is 0 Å². The van der Waals surface area contributed by atoms with Gasteiger partial charge in [0.2, 0.25) is 0 Å². The minimum atomic E-state index is 1.18. The molecule has 4 aromatic carbocycles. The smallest absolute Gasteiger partial charge is 0.00990 e. The Morgan fingerprint density at radius 3 is 2.14 bits per heavy atom.